The van der Waals surface area contributed by atoms with E-state index in [1.807, 2.05) is 0 Å². The molecule has 3 heteroatoms. The number of nitrogens with one attached hydrogen (secondary N) is 1. The molecule has 0 aromatic carbocycles. The third kappa shape index (κ3) is 9.88. The average Bonchev–Trinajstić information content (AvgIpc) is 2.10. The second kappa shape index (κ2) is 10.9. The van der Waals surface area contributed by atoms with Gasteiger partial charge in [0.05, 0.1) is 13.2 Å². The smallest absolute Gasteiger partial charge is 0.0700 e. The third-order valence-electron chi connectivity index (χ3n) is 1.50. The van der Waals surface area contributed by atoms with Crippen LogP contribution >= 0.6 is 0 Å². The minimum absolute atomic E-state index is 0.697. The molecule has 0 radical (unpaired) electrons. The first-order valence-electron chi connectivity index (χ1n) is 4.69. The van der Waals surface area contributed by atoms with Gasteiger partial charge in [-0.1, -0.05) is 6.92 Å². The van der Waals surface area contributed by atoms with Gasteiger partial charge in [0, 0.05) is 13.7 Å². The zero-order valence-corrected chi connectivity index (χ0v) is 8.27. The number of methoxy groups -OCH3 is 1. The fraction of sp³-hybridized carbons (Fsp3) is 1.00. The molecule has 0 heterocycles. The molecule has 0 aliphatic heterocycles. The summed E-state index contributed by atoms with van der Waals surface area (Å²) in [4.78, 5) is 0. The van der Waals surface area contributed by atoms with Crippen LogP contribution in [-0.4, -0.2) is 40.0 Å². The maximum Gasteiger partial charge on any atom is 0.0700 e. The van der Waals surface area contributed by atoms with Gasteiger partial charge in [-0.05, 0) is 25.9 Å². The Morgan fingerprint density at radius 2 is 1.92 bits per heavy atom. The SMILES string of the molecule is CCCNCCCOCCOC. The summed E-state index contributed by atoms with van der Waals surface area (Å²) >= 11 is 0. The largest absolute Gasteiger partial charge is 0.382 e. The fourth-order valence-electron chi connectivity index (χ4n) is 0.845. The van der Waals surface area contributed by atoms with Crippen molar-refractivity contribution < 1.29 is 9.47 Å². The highest BCUT2D eigenvalue weighted by atomic mass is 16.5. The molecule has 3 nitrogen and oxygen atoms in total. The van der Waals surface area contributed by atoms with E-state index in [-0.39, 0.29) is 0 Å². The van der Waals surface area contributed by atoms with E-state index in [4.69, 9.17) is 9.47 Å². The van der Waals surface area contributed by atoms with Gasteiger partial charge < -0.3 is 14.8 Å². The van der Waals surface area contributed by atoms with Crippen molar-refractivity contribution in [3.8, 4) is 0 Å². The van der Waals surface area contributed by atoms with Gasteiger partial charge in [-0.25, -0.2) is 0 Å². The molecule has 1 N–H and O–H groups in total. The lowest BCUT2D eigenvalue weighted by molar-refractivity contribution is 0.0695. The molecule has 0 aliphatic carbocycles. The van der Waals surface area contributed by atoms with Crippen molar-refractivity contribution >= 4 is 0 Å². The lowest BCUT2D eigenvalue weighted by atomic mass is 10.4. The Bertz CT molecular complexity index is 68.9. The molecule has 0 fully saturated rings. The van der Waals surface area contributed by atoms with E-state index >= 15 is 0 Å². The summed E-state index contributed by atoms with van der Waals surface area (Å²) < 4.78 is 10.1. The standard InChI is InChI=1S/C9H21NO2/c1-3-5-10-6-4-7-12-9-8-11-2/h10H,3-9H2,1-2H3. The molecular weight excluding hydrogens is 154 g/mol. The molecule has 0 spiro atoms. The number of rotatable bonds is 9. The molecule has 0 rings (SSSR count). The summed E-state index contributed by atoms with van der Waals surface area (Å²) in [7, 11) is 1.69. The molecule has 0 unspecified atom stereocenters. The second-order valence-corrected chi connectivity index (χ2v) is 2.71. The Morgan fingerprint density at radius 1 is 1.08 bits per heavy atom. The minimum Gasteiger partial charge on any atom is -0.382 e. The Balaban J connectivity index is 2.73. The first-order chi connectivity index (χ1) is 5.91. The van der Waals surface area contributed by atoms with Crippen molar-refractivity contribution in [2.45, 2.75) is 19.8 Å². The summed E-state index contributed by atoms with van der Waals surface area (Å²) in [6, 6.07) is 0. The highest BCUT2D eigenvalue weighted by Gasteiger charge is 1.88. The molecular formula is C9H21NO2. The Morgan fingerprint density at radius 3 is 2.58 bits per heavy atom. The first-order valence-corrected chi connectivity index (χ1v) is 4.69. The van der Waals surface area contributed by atoms with E-state index in [0.29, 0.717) is 13.2 Å². The number of ether oxygens (including phenoxy) is 2. The van der Waals surface area contributed by atoms with Crippen LogP contribution in [0.4, 0.5) is 0 Å². The molecule has 0 amide bonds. The molecule has 0 saturated heterocycles. The molecule has 0 aromatic heterocycles. The van der Waals surface area contributed by atoms with Crippen LogP contribution in [0.2, 0.25) is 0 Å². The van der Waals surface area contributed by atoms with Gasteiger partial charge in [0.1, 0.15) is 0 Å². The van der Waals surface area contributed by atoms with E-state index in [2.05, 4.69) is 12.2 Å². The quantitative estimate of drug-likeness (QED) is 0.531. The second-order valence-electron chi connectivity index (χ2n) is 2.71. The highest BCUT2D eigenvalue weighted by molar-refractivity contribution is 4.44. The van der Waals surface area contributed by atoms with Crippen LogP contribution < -0.4 is 5.32 Å². The predicted octanol–water partition coefficient (Wildman–Crippen LogP) is 1.04. The normalized spacial score (nSPS) is 10.5. The van der Waals surface area contributed by atoms with Crippen LogP contribution in [0.1, 0.15) is 19.8 Å². The van der Waals surface area contributed by atoms with Gasteiger partial charge in [0.2, 0.25) is 0 Å². The van der Waals surface area contributed by atoms with Gasteiger partial charge in [-0.3, -0.25) is 0 Å². The van der Waals surface area contributed by atoms with Crippen molar-refractivity contribution in [2.75, 3.05) is 40.0 Å². The summed E-state index contributed by atoms with van der Waals surface area (Å²) in [6.07, 6.45) is 2.29. The third-order valence-corrected chi connectivity index (χ3v) is 1.50. The first kappa shape index (κ1) is 11.9. The van der Waals surface area contributed by atoms with Gasteiger partial charge in [0.25, 0.3) is 0 Å². The summed E-state index contributed by atoms with van der Waals surface area (Å²) in [5.74, 6) is 0. The summed E-state index contributed by atoms with van der Waals surface area (Å²) in [5.41, 5.74) is 0. The zero-order chi connectivity index (χ0) is 9.07. The maximum absolute atomic E-state index is 5.29. The van der Waals surface area contributed by atoms with Crippen LogP contribution in [0.3, 0.4) is 0 Å². The molecule has 0 atom stereocenters. The van der Waals surface area contributed by atoms with E-state index in [0.717, 1.165) is 26.1 Å². The highest BCUT2D eigenvalue weighted by Crippen LogP contribution is 1.81. The summed E-state index contributed by atoms with van der Waals surface area (Å²) in [6.45, 7) is 6.58. The molecule has 74 valence electrons. The zero-order valence-electron chi connectivity index (χ0n) is 8.27. The van der Waals surface area contributed by atoms with E-state index in [1.54, 1.807) is 7.11 Å². The molecule has 0 aromatic rings. The summed E-state index contributed by atoms with van der Waals surface area (Å²) in [5, 5.41) is 3.31. The van der Waals surface area contributed by atoms with Crippen molar-refractivity contribution in [3.63, 3.8) is 0 Å². The van der Waals surface area contributed by atoms with Gasteiger partial charge in [-0.2, -0.15) is 0 Å². The van der Waals surface area contributed by atoms with Crippen LogP contribution in [0.25, 0.3) is 0 Å². The number of hydrogen-bond acceptors (Lipinski definition) is 3. The molecule has 0 saturated carbocycles. The lowest BCUT2D eigenvalue weighted by Gasteiger charge is -2.04. The van der Waals surface area contributed by atoms with Gasteiger partial charge >= 0.3 is 0 Å². The van der Waals surface area contributed by atoms with Gasteiger partial charge in [0.15, 0.2) is 0 Å². The lowest BCUT2D eigenvalue weighted by Crippen LogP contribution is -2.17. The Labute approximate surface area is 75.4 Å². The minimum atomic E-state index is 0.697. The van der Waals surface area contributed by atoms with Crippen molar-refractivity contribution in [3.05, 3.63) is 0 Å². The maximum atomic E-state index is 5.29. The van der Waals surface area contributed by atoms with Crippen LogP contribution in [0.15, 0.2) is 0 Å². The van der Waals surface area contributed by atoms with Crippen LogP contribution in [0.5, 0.6) is 0 Å². The van der Waals surface area contributed by atoms with Crippen molar-refractivity contribution in [1.82, 2.24) is 5.32 Å². The molecule has 12 heavy (non-hydrogen) atoms. The van der Waals surface area contributed by atoms with Crippen molar-refractivity contribution in [2.24, 2.45) is 0 Å². The van der Waals surface area contributed by atoms with Crippen LogP contribution in [-0.2, 0) is 9.47 Å². The average molecular weight is 175 g/mol. The van der Waals surface area contributed by atoms with Gasteiger partial charge in [-0.15, -0.1) is 0 Å². The monoisotopic (exact) mass is 175 g/mol. The number of hydrogen-bond donors (Lipinski definition) is 1. The Hall–Kier alpha value is -0.120. The Kier molecular flexibility index (Phi) is 10.8. The molecule has 0 aliphatic rings. The van der Waals surface area contributed by atoms with Crippen LogP contribution in [0, 0.1) is 0 Å². The van der Waals surface area contributed by atoms with E-state index in [9.17, 15) is 0 Å². The molecule has 0 bridgehead atoms. The van der Waals surface area contributed by atoms with E-state index in [1.165, 1.54) is 6.42 Å². The predicted molar refractivity (Wildman–Crippen MR) is 50.5 cm³/mol. The van der Waals surface area contributed by atoms with Crippen molar-refractivity contribution in [1.29, 1.82) is 0 Å². The topological polar surface area (TPSA) is 30.5 Å². The van der Waals surface area contributed by atoms with E-state index < -0.39 is 0 Å². The fourth-order valence-corrected chi connectivity index (χ4v) is 0.845.